The summed E-state index contributed by atoms with van der Waals surface area (Å²) in [5, 5.41) is 10.6. The lowest BCUT2D eigenvalue weighted by molar-refractivity contribution is 0.0260. The summed E-state index contributed by atoms with van der Waals surface area (Å²) in [4.78, 5) is 26.4. The summed E-state index contributed by atoms with van der Waals surface area (Å²) in [6.45, 7) is 3.41. The Balaban J connectivity index is 1.40. The maximum Gasteiger partial charge on any atom is 0.409 e. The number of hydrogen-bond acceptors (Lipinski definition) is 8. The van der Waals surface area contributed by atoms with Gasteiger partial charge in [0, 0.05) is 55.5 Å². The Morgan fingerprint density at radius 2 is 2.00 bits per heavy atom. The van der Waals surface area contributed by atoms with E-state index in [-0.39, 0.29) is 30.1 Å². The van der Waals surface area contributed by atoms with Gasteiger partial charge < -0.3 is 24.6 Å². The maximum atomic E-state index is 12.4. The molecular weight excluding hydrogens is 422 g/mol. The molecule has 0 aromatic carbocycles. The molecule has 10 heteroatoms. The molecule has 1 unspecified atom stereocenters. The minimum absolute atomic E-state index is 0.202. The lowest BCUT2D eigenvalue weighted by Gasteiger charge is -2.49. The lowest BCUT2D eigenvalue weighted by atomic mass is 9.81. The molecule has 33 heavy (non-hydrogen) atoms. The quantitative estimate of drug-likeness (QED) is 0.707. The summed E-state index contributed by atoms with van der Waals surface area (Å²) >= 11 is 0. The molecule has 0 spiro atoms. The highest BCUT2D eigenvalue weighted by molar-refractivity contribution is 5.68. The van der Waals surface area contributed by atoms with E-state index in [0.29, 0.717) is 12.6 Å². The van der Waals surface area contributed by atoms with Gasteiger partial charge in [0.25, 0.3) is 0 Å². The summed E-state index contributed by atoms with van der Waals surface area (Å²) in [6, 6.07) is 4.63. The molecule has 2 N–H and O–H groups in total. The Morgan fingerprint density at radius 3 is 2.64 bits per heavy atom. The number of fused-ring (bicyclic) bond motifs is 2. The Morgan fingerprint density at radius 1 is 1.21 bits per heavy atom. The highest BCUT2D eigenvalue weighted by Gasteiger charge is 2.43. The number of amides is 1. The second-order valence-corrected chi connectivity index (χ2v) is 9.45. The fourth-order valence-corrected chi connectivity index (χ4v) is 5.50. The van der Waals surface area contributed by atoms with Gasteiger partial charge in [0.15, 0.2) is 5.82 Å². The van der Waals surface area contributed by atoms with Crippen molar-refractivity contribution in [3.05, 3.63) is 23.5 Å². The number of aromatic nitrogens is 4. The monoisotopic (exact) mass is 455 g/mol. The first kappa shape index (κ1) is 21.9. The molecule has 178 valence electrons. The lowest BCUT2D eigenvalue weighted by Crippen LogP contribution is -2.58. The third-order valence-electron chi connectivity index (χ3n) is 7.24. The molecule has 3 fully saturated rings. The van der Waals surface area contributed by atoms with Crippen LogP contribution in [0.2, 0.25) is 0 Å². The fraction of sp³-hybridized carbons (Fsp3) is 0.652. The molecule has 5 rings (SSSR count). The molecule has 2 aromatic heterocycles. The second-order valence-electron chi connectivity index (χ2n) is 9.45. The predicted molar refractivity (Wildman–Crippen MR) is 124 cm³/mol. The summed E-state index contributed by atoms with van der Waals surface area (Å²) in [7, 11) is 3.54. The highest BCUT2D eigenvalue weighted by Crippen LogP contribution is 2.37. The predicted octanol–water partition coefficient (Wildman–Crippen LogP) is 3.34. The second kappa shape index (κ2) is 9.17. The third kappa shape index (κ3) is 4.48. The average Bonchev–Trinajstić information content (AvgIpc) is 3.49. The van der Waals surface area contributed by atoms with Gasteiger partial charge >= 0.3 is 6.09 Å². The van der Waals surface area contributed by atoms with Crippen LogP contribution < -0.4 is 10.2 Å². The van der Waals surface area contributed by atoms with Gasteiger partial charge in [-0.3, -0.25) is 5.10 Å². The molecule has 3 aliphatic rings. The van der Waals surface area contributed by atoms with Crippen LogP contribution in [0.1, 0.15) is 55.8 Å². The fourth-order valence-electron chi connectivity index (χ4n) is 5.50. The summed E-state index contributed by atoms with van der Waals surface area (Å²) in [5.41, 5.74) is 1.98. The number of hydrogen-bond donors (Lipinski definition) is 2. The van der Waals surface area contributed by atoms with Crippen molar-refractivity contribution in [2.75, 3.05) is 37.6 Å². The molecule has 2 aromatic rings. The van der Waals surface area contributed by atoms with Gasteiger partial charge in [-0.25, -0.2) is 9.78 Å². The Hall–Kier alpha value is -2.88. The van der Waals surface area contributed by atoms with Crippen LogP contribution in [0.5, 0.6) is 0 Å². The number of carbonyl (C=O) groups excluding carboxylic acids is 1. The molecule has 3 saturated heterocycles. The van der Waals surface area contributed by atoms with Crippen LogP contribution in [0.15, 0.2) is 12.1 Å². The van der Waals surface area contributed by atoms with Gasteiger partial charge in [-0.05, 0) is 45.4 Å². The number of rotatable bonds is 5. The molecular formula is C23H33N7O3. The molecule has 0 radical (unpaired) electrons. The van der Waals surface area contributed by atoms with Gasteiger partial charge in [0.05, 0.1) is 19.4 Å². The molecule has 0 saturated carbocycles. The molecule has 1 amide bonds. The van der Waals surface area contributed by atoms with Crippen LogP contribution in [-0.4, -0.2) is 76.7 Å². The van der Waals surface area contributed by atoms with Crippen molar-refractivity contribution in [2.45, 2.75) is 69.5 Å². The number of piperidine rings is 2. The Labute approximate surface area is 194 Å². The van der Waals surface area contributed by atoms with Crippen LogP contribution in [0.3, 0.4) is 0 Å². The highest BCUT2D eigenvalue weighted by atomic mass is 16.5. The first-order valence-electron chi connectivity index (χ1n) is 11.9. The standard InChI is InChI=1S/C23H33N7O3/c1-14-9-21(28-27-14)25-20-12-19(15-7-8-33-13-15)24-22(26-20)29(2)18-10-16-5-4-6-17(11-18)30(16)23(31)32-3/h9,12,15-18H,4-8,10-11,13H2,1-3H3,(H2,24,25,26,27,28)/t15?,16-,17+,18-. The van der Waals surface area contributed by atoms with Gasteiger partial charge in [-0.2, -0.15) is 10.1 Å². The number of nitrogens with zero attached hydrogens (tertiary/aromatic N) is 5. The third-order valence-corrected chi connectivity index (χ3v) is 7.24. The number of ether oxygens (including phenoxy) is 2. The van der Waals surface area contributed by atoms with Crippen LogP contribution in [-0.2, 0) is 9.47 Å². The van der Waals surface area contributed by atoms with Crippen molar-refractivity contribution in [3.8, 4) is 0 Å². The molecule has 0 aliphatic carbocycles. The largest absolute Gasteiger partial charge is 0.453 e. The van der Waals surface area contributed by atoms with Crippen molar-refractivity contribution in [3.63, 3.8) is 0 Å². The maximum absolute atomic E-state index is 12.4. The normalized spacial score (nSPS) is 26.8. The number of aromatic amines is 1. The van der Waals surface area contributed by atoms with E-state index < -0.39 is 0 Å². The van der Waals surface area contributed by atoms with Gasteiger partial charge in [0.1, 0.15) is 5.82 Å². The van der Waals surface area contributed by atoms with E-state index in [4.69, 9.17) is 19.4 Å². The molecule has 5 heterocycles. The van der Waals surface area contributed by atoms with Crippen molar-refractivity contribution >= 4 is 23.7 Å². The van der Waals surface area contributed by atoms with E-state index in [9.17, 15) is 4.79 Å². The van der Waals surface area contributed by atoms with E-state index in [1.807, 2.05) is 24.0 Å². The number of aryl methyl sites for hydroxylation is 1. The van der Waals surface area contributed by atoms with Crippen molar-refractivity contribution < 1.29 is 14.3 Å². The zero-order valence-corrected chi connectivity index (χ0v) is 19.6. The Bertz CT molecular complexity index is 976. The Kier molecular flexibility index (Phi) is 6.09. The van der Waals surface area contributed by atoms with E-state index >= 15 is 0 Å². The molecule has 2 bridgehead atoms. The van der Waals surface area contributed by atoms with E-state index in [0.717, 1.165) is 68.2 Å². The number of nitrogens with one attached hydrogen (secondary N) is 2. The van der Waals surface area contributed by atoms with Gasteiger partial charge in [-0.1, -0.05) is 0 Å². The topological polar surface area (TPSA) is 109 Å². The summed E-state index contributed by atoms with van der Waals surface area (Å²) in [5.74, 6) is 2.42. The molecule has 10 nitrogen and oxygen atoms in total. The average molecular weight is 456 g/mol. The molecule has 3 aliphatic heterocycles. The van der Waals surface area contributed by atoms with Gasteiger partial charge in [-0.15, -0.1) is 0 Å². The first-order valence-corrected chi connectivity index (χ1v) is 11.9. The van der Waals surface area contributed by atoms with Crippen LogP contribution in [0.25, 0.3) is 0 Å². The summed E-state index contributed by atoms with van der Waals surface area (Å²) < 4.78 is 10.7. The number of H-pyrrole nitrogens is 1. The molecule has 4 atom stereocenters. The number of methoxy groups -OCH3 is 1. The number of carbonyl (C=O) groups is 1. The van der Waals surface area contributed by atoms with E-state index in [2.05, 4.69) is 27.5 Å². The van der Waals surface area contributed by atoms with E-state index in [1.54, 1.807) is 0 Å². The van der Waals surface area contributed by atoms with Crippen molar-refractivity contribution in [1.82, 2.24) is 25.1 Å². The van der Waals surface area contributed by atoms with Crippen LogP contribution in [0, 0.1) is 6.92 Å². The minimum atomic E-state index is -0.203. The zero-order chi connectivity index (χ0) is 22.9. The van der Waals surface area contributed by atoms with Crippen molar-refractivity contribution in [1.29, 1.82) is 0 Å². The summed E-state index contributed by atoms with van der Waals surface area (Å²) in [6.07, 6.45) is 5.73. The minimum Gasteiger partial charge on any atom is -0.453 e. The van der Waals surface area contributed by atoms with Crippen LogP contribution in [0.4, 0.5) is 22.4 Å². The van der Waals surface area contributed by atoms with Gasteiger partial charge in [0.2, 0.25) is 5.95 Å². The SMILES string of the molecule is COC(=O)N1[C@@H]2CCC[C@H]1C[C@H](N(C)c1nc(Nc3cc(C)[nH]n3)cc(C3CCOC3)n1)C2. The zero-order valence-electron chi connectivity index (χ0n) is 19.6. The first-order chi connectivity index (χ1) is 16.0. The smallest absolute Gasteiger partial charge is 0.409 e. The van der Waals surface area contributed by atoms with E-state index in [1.165, 1.54) is 7.11 Å². The van der Waals surface area contributed by atoms with Crippen LogP contribution >= 0.6 is 0 Å². The number of anilines is 3. The van der Waals surface area contributed by atoms with Crippen molar-refractivity contribution in [2.24, 2.45) is 0 Å².